The Hall–Kier alpha value is -3.08. The molecule has 3 aromatic carbocycles. The van der Waals surface area contributed by atoms with Crippen molar-refractivity contribution in [1.29, 1.82) is 0 Å². The molecular weight excluding hydrogens is 399 g/mol. The summed E-state index contributed by atoms with van der Waals surface area (Å²) in [6, 6.07) is 19.8. The molecule has 2 nitrogen and oxygen atoms in total. The minimum atomic E-state index is -4.39. The second-order valence-corrected chi connectivity index (χ2v) is 8.16. The average molecular weight is 425 g/mol. The largest absolute Gasteiger partial charge is 0.416 e. The van der Waals surface area contributed by atoms with Gasteiger partial charge in [0.15, 0.2) is 0 Å². The van der Waals surface area contributed by atoms with Gasteiger partial charge in [0.05, 0.1) is 11.6 Å². The van der Waals surface area contributed by atoms with Crippen molar-refractivity contribution in [2.75, 3.05) is 0 Å². The summed E-state index contributed by atoms with van der Waals surface area (Å²) in [5.74, 6) is 0.305. The molecule has 0 bridgehead atoms. The third kappa shape index (κ3) is 5.75. The summed E-state index contributed by atoms with van der Waals surface area (Å²) in [7, 11) is 0. The third-order valence-electron chi connectivity index (χ3n) is 5.17. The van der Waals surface area contributed by atoms with Gasteiger partial charge in [-0.3, -0.25) is 4.79 Å². The molecule has 3 rings (SSSR count). The lowest BCUT2D eigenvalue weighted by molar-refractivity contribution is -0.137. The minimum absolute atomic E-state index is 0.207. The molecule has 0 spiro atoms. The van der Waals surface area contributed by atoms with Crippen LogP contribution in [-0.2, 0) is 12.6 Å². The van der Waals surface area contributed by atoms with Crippen molar-refractivity contribution in [3.63, 3.8) is 0 Å². The summed E-state index contributed by atoms with van der Waals surface area (Å²) in [6.45, 7) is 6.26. The number of hydrogen-bond donors (Lipinski definition) is 1. The van der Waals surface area contributed by atoms with E-state index in [0.29, 0.717) is 22.6 Å². The summed E-state index contributed by atoms with van der Waals surface area (Å²) in [4.78, 5) is 13.0. The fourth-order valence-corrected chi connectivity index (χ4v) is 3.54. The van der Waals surface area contributed by atoms with Crippen molar-refractivity contribution in [2.24, 2.45) is 5.92 Å². The van der Waals surface area contributed by atoms with Crippen molar-refractivity contribution in [3.8, 4) is 11.1 Å². The first-order chi connectivity index (χ1) is 14.6. The zero-order valence-corrected chi connectivity index (χ0v) is 17.8. The van der Waals surface area contributed by atoms with Crippen LogP contribution in [0.25, 0.3) is 11.1 Å². The highest BCUT2D eigenvalue weighted by Crippen LogP contribution is 2.32. The molecule has 0 aromatic heterocycles. The first-order valence-corrected chi connectivity index (χ1v) is 10.3. The fraction of sp³-hybridized carbons (Fsp3) is 0.269. The van der Waals surface area contributed by atoms with Crippen LogP contribution in [0.1, 0.15) is 53.9 Å². The monoisotopic (exact) mass is 425 g/mol. The molecule has 31 heavy (non-hydrogen) atoms. The lowest BCUT2D eigenvalue weighted by atomic mass is 9.97. The van der Waals surface area contributed by atoms with Gasteiger partial charge < -0.3 is 5.32 Å². The maximum Gasteiger partial charge on any atom is 0.416 e. The number of carbonyl (C=O) groups is 1. The van der Waals surface area contributed by atoms with E-state index in [4.69, 9.17) is 0 Å². The lowest BCUT2D eigenvalue weighted by Crippen LogP contribution is -2.27. The van der Waals surface area contributed by atoms with Gasteiger partial charge in [0.25, 0.3) is 5.91 Å². The van der Waals surface area contributed by atoms with Crippen molar-refractivity contribution >= 4 is 5.91 Å². The van der Waals surface area contributed by atoms with Crippen molar-refractivity contribution in [2.45, 2.75) is 39.4 Å². The molecule has 162 valence electrons. The highest BCUT2D eigenvalue weighted by molar-refractivity contribution is 6.01. The number of halogens is 3. The van der Waals surface area contributed by atoms with Crippen LogP contribution in [-0.4, -0.2) is 5.91 Å². The topological polar surface area (TPSA) is 29.1 Å². The predicted molar refractivity (Wildman–Crippen MR) is 118 cm³/mol. The van der Waals surface area contributed by atoms with Gasteiger partial charge in [0, 0.05) is 5.56 Å². The van der Waals surface area contributed by atoms with Gasteiger partial charge in [-0.05, 0) is 59.7 Å². The quantitative estimate of drug-likeness (QED) is 0.450. The average Bonchev–Trinajstić information content (AvgIpc) is 2.73. The van der Waals surface area contributed by atoms with Crippen LogP contribution >= 0.6 is 0 Å². The molecule has 0 unspecified atom stereocenters. The van der Waals surface area contributed by atoms with Gasteiger partial charge >= 0.3 is 6.18 Å². The Morgan fingerprint density at radius 3 is 2.06 bits per heavy atom. The number of alkyl halides is 3. The standard InChI is InChI=1S/C26H26F3NO/c1-17(2)16-19-8-10-20(11-9-19)18(3)30-25(31)24-7-5-4-6-23(24)21-12-14-22(15-13-21)26(27,28)29/h4-15,17-18H,16H2,1-3H3,(H,30,31)/t18-/m0/s1. The lowest BCUT2D eigenvalue weighted by Gasteiger charge is -2.17. The molecule has 0 saturated heterocycles. The van der Waals surface area contributed by atoms with Gasteiger partial charge in [-0.15, -0.1) is 0 Å². The number of rotatable bonds is 6. The molecule has 0 aliphatic rings. The van der Waals surface area contributed by atoms with Crippen molar-refractivity contribution in [3.05, 3.63) is 95.1 Å². The summed E-state index contributed by atoms with van der Waals surface area (Å²) < 4.78 is 38.6. The maximum absolute atomic E-state index is 13.0. The molecule has 0 heterocycles. The Labute approximate surface area is 181 Å². The van der Waals surface area contributed by atoms with Crippen LogP contribution in [0.4, 0.5) is 13.2 Å². The minimum Gasteiger partial charge on any atom is -0.345 e. The molecule has 5 heteroatoms. The van der Waals surface area contributed by atoms with Gasteiger partial charge in [-0.25, -0.2) is 0 Å². The van der Waals surface area contributed by atoms with E-state index in [2.05, 4.69) is 31.3 Å². The van der Waals surface area contributed by atoms with Crippen molar-refractivity contribution in [1.82, 2.24) is 5.32 Å². The molecule has 0 radical (unpaired) electrons. The summed E-state index contributed by atoms with van der Waals surface area (Å²) >= 11 is 0. The van der Waals surface area contributed by atoms with Gasteiger partial charge in [-0.1, -0.05) is 68.4 Å². The second kappa shape index (κ2) is 9.38. The van der Waals surface area contributed by atoms with E-state index in [-0.39, 0.29) is 11.9 Å². The number of hydrogen-bond acceptors (Lipinski definition) is 1. The molecule has 1 atom stereocenters. The summed E-state index contributed by atoms with van der Waals surface area (Å²) in [5, 5.41) is 3.00. The highest BCUT2D eigenvalue weighted by atomic mass is 19.4. The Morgan fingerprint density at radius 2 is 1.48 bits per heavy atom. The van der Waals surface area contributed by atoms with E-state index in [1.807, 2.05) is 19.1 Å². The van der Waals surface area contributed by atoms with Gasteiger partial charge in [0.1, 0.15) is 0 Å². The summed E-state index contributed by atoms with van der Waals surface area (Å²) in [5.41, 5.74) is 3.11. The second-order valence-electron chi connectivity index (χ2n) is 8.16. The van der Waals surface area contributed by atoms with Crippen LogP contribution in [0.3, 0.4) is 0 Å². The zero-order valence-electron chi connectivity index (χ0n) is 17.8. The normalized spacial score (nSPS) is 12.6. The van der Waals surface area contributed by atoms with E-state index in [1.165, 1.54) is 17.7 Å². The van der Waals surface area contributed by atoms with Crippen molar-refractivity contribution < 1.29 is 18.0 Å². The highest BCUT2D eigenvalue weighted by Gasteiger charge is 2.30. The van der Waals surface area contributed by atoms with Crippen LogP contribution in [0.15, 0.2) is 72.8 Å². The van der Waals surface area contributed by atoms with E-state index < -0.39 is 11.7 Å². The van der Waals surface area contributed by atoms with E-state index >= 15 is 0 Å². The van der Waals surface area contributed by atoms with Crippen LogP contribution < -0.4 is 5.32 Å². The zero-order chi connectivity index (χ0) is 22.6. The molecular formula is C26H26F3NO. The molecule has 0 saturated carbocycles. The summed E-state index contributed by atoms with van der Waals surface area (Å²) in [6.07, 6.45) is -3.39. The Kier molecular flexibility index (Phi) is 6.84. The first kappa shape index (κ1) is 22.6. The predicted octanol–water partition coefficient (Wildman–Crippen LogP) is 7.06. The molecule has 3 aromatic rings. The molecule has 1 amide bonds. The SMILES string of the molecule is CC(C)Cc1ccc([C@H](C)NC(=O)c2ccccc2-c2ccc(C(F)(F)F)cc2)cc1. The number of benzene rings is 3. The number of nitrogens with one attached hydrogen (secondary N) is 1. The smallest absolute Gasteiger partial charge is 0.345 e. The van der Waals surface area contributed by atoms with Crippen LogP contribution in [0.5, 0.6) is 0 Å². The van der Waals surface area contributed by atoms with E-state index in [1.54, 1.807) is 24.3 Å². The Bertz CT molecular complexity index is 1020. The number of carbonyl (C=O) groups excluding carboxylic acids is 1. The third-order valence-corrected chi connectivity index (χ3v) is 5.17. The van der Waals surface area contributed by atoms with Gasteiger partial charge in [-0.2, -0.15) is 13.2 Å². The van der Waals surface area contributed by atoms with Gasteiger partial charge in [0.2, 0.25) is 0 Å². The molecule has 0 aliphatic heterocycles. The molecule has 0 fully saturated rings. The Morgan fingerprint density at radius 1 is 0.871 bits per heavy atom. The fourth-order valence-electron chi connectivity index (χ4n) is 3.54. The van der Waals surface area contributed by atoms with Crippen LogP contribution in [0, 0.1) is 5.92 Å². The maximum atomic E-state index is 13.0. The van der Waals surface area contributed by atoms with Crippen LogP contribution in [0.2, 0.25) is 0 Å². The Balaban J connectivity index is 1.78. The van der Waals surface area contributed by atoms with E-state index in [0.717, 1.165) is 24.1 Å². The number of amides is 1. The molecule has 0 aliphatic carbocycles. The van der Waals surface area contributed by atoms with E-state index in [9.17, 15) is 18.0 Å². The first-order valence-electron chi connectivity index (χ1n) is 10.3. The molecule has 1 N–H and O–H groups in total.